The average molecular weight is 334 g/mol. The maximum atomic E-state index is 12.3. The van der Waals surface area contributed by atoms with E-state index in [0.29, 0.717) is 12.5 Å². The second-order valence-corrected chi connectivity index (χ2v) is 7.40. The average Bonchev–Trinajstić information content (AvgIpc) is 2.52. The Bertz CT molecular complexity index is 541. The normalized spacial score (nSPS) is 11.7. The van der Waals surface area contributed by atoms with Crippen molar-refractivity contribution in [1.82, 2.24) is 0 Å². The Hall–Kier alpha value is -1.84. The molecule has 0 spiro atoms. The predicted molar refractivity (Wildman–Crippen MR) is 94.5 cm³/mol. The molecular weight excluding hydrogens is 304 g/mol. The van der Waals surface area contributed by atoms with Crippen LogP contribution in [0.15, 0.2) is 24.3 Å². The minimum absolute atomic E-state index is 0.135. The lowest BCUT2D eigenvalue weighted by atomic mass is 9.84. The first-order valence-electron chi connectivity index (χ1n) is 8.58. The maximum absolute atomic E-state index is 12.3. The van der Waals surface area contributed by atoms with Crippen LogP contribution < -0.4 is 0 Å². The van der Waals surface area contributed by atoms with Gasteiger partial charge in [-0.3, -0.25) is 9.59 Å². The van der Waals surface area contributed by atoms with E-state index in [2.05, 4.69) is 13.8 Å². The highest BCUT2D eigenvalue weighted by atomic mass is 16.5. The van der Waals surface area contributed by atoms with E-state index < -0.39 is 5.41 Å². The second kappa shape index (κ2) is 8.86. The van der Waals surface area contributed by atoms with Crippen LogP contribution in [0.25, 0.3) is 0 Å². The monoisotopic (exact) mass is 334 g/mol. The van der Waals surface area contributed by atoms with Gasteiger partial charge < -0.3 is 9.47 Å². The van der Waals surface area contributed by atoms with Crippen molar-refractivity contribution in [3.05, 3.63) is 35.4 Å². The summed E-state index contributed by atoms with van der Waals surface area (Å²) < 4.78 is 10.6. The lowest BCUT2D eigenvalue weighted by Gasteiger charge is -2.23. The fraction of sp³-hybridized carbons (Fsp3) is 0.600. The van der Waals surface area contributed by atoms with E-state index in [1.54, 1.807) is 13.8 Å². The largest absolute Gasteiger partial charge is 0.465 e. The highest BCUT2D eigenvalue weighted by Crippen LogP contribution is 2.25. The zero-order chi connectivity index (χ0) is 18.3. The van der Waals surface area contributed by atoms with Crippen LogP contribution in [-0.2, 0) is 31.1 Å². The van der Waals surface area contributed by atoms with Gasteiger partial charge in [0.05, 0.1) is 17.9 Å². The molecule has 1 rings (SSSR count). The molecule has 0 amide bonds. The fourth-order valence-corrected chi connectivity index (χ4v) is 2.02. The van der Waals surface area contributed by atoms with E-state index in [4.69, 9.17) is 9.47 Å². The van der Waals surface area contributed by atoms with Gasteiger partial charge in [0.15, 0.2) is 0 Å². The van der Waals surface area contributed by atoms with Gasteiger partial charge in [-0.2, -0.15) is 0 Å². The Labute approximate surface area is 145 Å². The molecule has 1 aromatic carbocycles. The first-order chi connectivity index (χ1) is 11.1. The van der Waals surface area contributed by atoms with Crippen LogP contribution in [0.4, 0.5) is 0 Å². The van der Waals surface area contributed by atoms with Crippen molar-refractivity contribution in [2.24, 2.45) is 11.8 Å². The van der Waals surface area contributed by atoms with Gasteiger partial charge in [-0.25, -0.2) is 0 Å². The molecule has 0 heterocycles. The minimum atomic E-state index is -0.704. The summed E-state index contributed by atoms with van der Waals surface area (Å²) in [4.78, 5) is 23.8. The summed E-state index contributed by atoms with van der Waals surface area (Å²) in [5, 5.41) is 0. The van der Waals surface area contributed by atoms with Crippen LogP contribution in [0, 0.1) is 11.8 Å². The molecule has 0 N–H and O–H groups in total. The molecule has 1 aromatic rings. The van der Waals surface area contributed by atoms with Gasteiger partial charge in [0, 0.05) is 0 Å². The molecule has 0 unspecified atom stereocenters. The molecule has 134 valence electrons. The lowest BCUT2D eigenvalue weighted by Crippen LogP contribution is -2.31. The van der Waals surface area contributed by atoms with Gasteiger partial charge in [0.2, 0.25) is 0 Å². The van der Waals surface area contributed by atoms with Crippen molar-refractivity contribution in [1.29, 1.82) is 0 Å². The van der Waals surface area contributed by atoms with E-state index in [0.717, 1.165) is 17.5 Å². The molecule has 0 fully saturated rings. The predicted octanol–water partition coefficient (Wildman–Crippen LogP) is 4.25. The summed E-state index contributed by atoms with van der Waals surface area (Å²) in [5.74, 6) is -0.0622. The van der Waals surface area contributed by atoms with E-state index in [1.165, 1.54) is 0 Å². The number of rotatable bonds is 8. The highest BCUT2D eigenvalue weighted by molar-refractivity contribution is 5.82. The third-order valence-electron chi connectivity index (χ3n) is 3.97. The molecule has 24 heavy (non-hydrogen) atoms. The summed E-state index contributed by atoms with van der Waals surface area (Å²) in [7, 11) is 0. The zero-order valence-electron chi connectivity index (χ0n) is 15.7. The maximum Gasteiger partial charge on any atom is 0.315 e. The number of esters is 2. The van der Waals surface area contributed by atoms with Crippen LogP contribution in [0.1, 0.15) is 59.1 Å². The Morgan fingerprint density at radius 3 is 2.08 bits per heavy atom. The van der Waals surface area contributed by atoms with Crippen molar-refractivity contribution >= 4 is 11.9 Å². The Balaban J connectivity index is 2.65. The molecule has 0 bridgehead atoms. The number of ether oxygens (including phenoxy) is 2. The van der Waals surface area contributed by atoms with Crippen molar-refractivity contribution in [3.63, 3.8) is 0 Å². The number of carbonyl (C=O) groups excluding carboxylic acids is 2. The molecule has 4 heteroatoms. The minimum Gasteiger partial charge on any atom is -0.465 e. The second-order valence-electron chi connectivity index (χ2n) is 7.40. The Morgan fingerprint density at radius 2 is 1.58 bits per heavy atom. The molecule has 0 aromatic heterocycles. The van der Waals surface area contributed by atoms with Gasteiger partial charge in [0.1, 0.15) is 6.61 Å². The van der Waals surface area contributed by atoms with Crippen molar-refractivity contribution < 1.29 is 19.1 Å². The zero-order valence-corrected chi connectivity index (χ0v) is 15.7. The SMILES string of the molecule is CC(C)CCOC(=O)C(C)(C)c1ccc(COC(=O)C(C)C)cc1. The van der Waals surface area contributed by atoms with Crippen molar-refractivity contribution in [2.45, 2.75) is 60.0 Å². The molecule has 0 atom stereocenters. The quantitative estimate of drug-likeness (QED) is 0.667. The molecule has 0 saturated heterocycles. The summed E-state index contributed by atoms with van der Waals surface area (Å²) in [6, 6.07) is 7.54. The van der Waals surface area contributed by atoms with Gasteiger partial charge >= 0.3 is 11.9 Å². The molecule has 4 nitrogen and oxygen atoms in total. The van der Waals surface area contributed by atoms with E-state index in [-0.39, 0.29) is 24.5 Å². The number of carbonyl (C=O) groups is 2. The summed E-state index contributed by atoms with van der Waals surface area (Å²) in [6.45, 7) is 12.2. The van der Waals surface area contributed by atoms with Crippen LogP contribution in [-0.4, -0.2) is 18.5 Å². The smallest absolute Gasteiger partial charge is 0.315 e. The molecule has 0 aliphatic carbocycles. The third kappa shape index (κ3) is 5.99. The van der Waals surface area contributed by atoms with Crippen LogP contribution in [0.5, 0.6) is 0 Å². The number of hydrogen-bond donors (Lipinski definition) is 0. The first-order valence-corrected chi connectivity index (χ1v) is 8.58. The van der Waals surface area contributed by atoms with Gasteiger partial charge in [0.25, 0.3) is 0 Å². The lowest BCUT2D eigenvalue weighted by molar-refractivity contribution is -0.150. The van der Waals surface area contributed by atoms with Gasteiger partial charge in [-0.1, -0.05) is 52.0 Å². The van der Waals surface area contributed by atoms with E-state index in [9.17, 15) is 9.59 Å². The third-order valence-corrected chi connectivity index (χ3v) is 3.97. The fourth-order valence-electron chi connectivity index (χ4n) is 2.02. The molecular formula is C20H30O4. The van der Waals surface area contributed by atoms with Crippen molar-refractivity contribution in [3.8, 4) is 0 Å². The number of benzene rings is 1. The Kier molecular flexibility index (Phi) is 7.46. The van der Waals surface area contributed by atoms with Crippen molar-refractivity contribution in [2.75, 3.05) is 6.61 Å². The number of hydrogen-bond acceptors (Lipinski definition) is 4. The standard InChI is InChI=1S/C20H30O4/c1-14(2)11-12-23-19(22)20(5,6)17-9-7-16(8-10-17)13-24-18(21)15(3)4/h7-10,14-15H,11-13H2,1-6H3. The molecule has 0 radical (unpaired) electrons. The van der Waals surface area contributed by atoms with Crippen LogP contribution in [0.2, 0.25) is 0 Å². The van der Waals surface area contributed by atoms with Gasteiger partial charge in [-0.15, -0.1) is 0 Å². The highest BCUT2D eigenvalue weighted by Gasteiger charge is 2.31. The summed E-state index contributed by atoms with van der Waals surface area (Å²) in [5.41, 5.74) is 1.08. The van der Waals surface area contributed by atoms with Gasteiger partial charge in [-0.05, 0) is 37.3 Å². The topological polar surface area (TPSA) is 52.6 Å². The molecule has 0 saturated carbocycles. The van der Waals surface area contributed by atoms with Crippen LogP contribution >= 0.6 is 0 Å². The molecule has 0 aliphatic heterocycles. The van der Waals surface area contributed by atoms with E-state index in [1.807, 2.05) is 38.1 Å². The first kappa shape index (κ1) is 20.2. The van der Waals surface area contributed by atoms with E-state index >= 15 is 0 Å². The summed E-state index contributed by atoms with van der Waals surface area (Å²) in [6.07, 6.45) is 0.863. The summed E-state index contributed by atoms with van der Waals surface area (Å²) >= 11 is 0. The Morgan fingerprint density at radius 1 is 1.00 bits per heavy atom. The van der Waals surface area contributed by atoms with Crippen LogP contribution in [0.3, 0.4) is 0 Å². The molecule has 0 aliphatic rings.